The summed E-state index contributed by atoms with van der Waals surface area (Å²) in [5.74, 6) is -0.663. The molecule has 3 aliphatic rings. The van der Waals surface area contributed by atoms with Gasteiger partial charge < -0.3 is 30.7 Å². The summed E-state index contributed by atoms with van der Waals surface area (Å²) in [6.07, 6.45) is 5.93. The Balaban J connectivity index is 1.26. The number of ether oxygens (including phenoxy) is 2. The number of amides is 2. The molecule has 1 aromatic carbocycles. The van der Waals surface area contributed by atoms with Crippen molar-refractivity contribution in [3.63, 3.8) is 0 Å². The third-order valence-corrected chi connectivity index (χ3v) is 6.99. The molecule has 1 saturated heterocycles. The van der Waals surface area contributed by atoms with Crippen LogP contribution < -0.4 is 21.1 Å². The molecule has 2 heterocycles. The minimum absolute atomic E-state index is 0.00407. The molecule has 0 spiro atoms. The highest BCUT2D eigenvalue weighted by molar-refractivity contribution is 5.80. The smallest absolute Gasteiger partial charge is 0.260 e. The Bertz CT molecular complexity index is 1190. The second-order valence-corrected chi connectivity index (χ2v) is 9.32. The number of morpholine rings is 1. The molecule has 4 atom stereocenters. The number of fused-ring (bicyclic) bond motifs is 2. The average molecular weight is 497 g/mol. The molecule has 10 nitrogen and oxygen atoms in total. The van der Waals surface area contributed by atoms with E-state index in [-0.39, 0.29) is 42.2 Å². The minimum Gasteiger partial charge on any atom is -0.483 e. The fourth-order valence-corrected chi connectivity index (χ4v) is 5.10. The van der Waals surface area contributed by atoms with Gasteiger partial charge >= 0.3 is 0 Å². The molecule has 2 fully saturated rings. The van der Waals surface area contributed by atoms with Crippen molar-refractivity contribution in [1.82, 2.24) is 14.9 Å². The number of nitrogens with one attached hydrogen (secondary N) is 2. The van der Waals surface area contributed by atoms with Crippen molar-refractivity contribution in [2.75, 3.05) is 43.5 Å². The summed E-state index contributed by atoms with van der Waals surface area (Å²) < 4.78 is 25.6. The first kappa shape index (κ1) is 24.0. The van der Waals surface area contributed by atoms with E-state index in [9.17, 15) is 14.0 Å². The predicted molar refractivity (Wildman–Crippen MR) is 130 cm³/mol. The Hall–Kier alpha value is -3.73. The number of anilines is 3. The number of hydrogen-bond acceptors (Lipinski definition) is 8. The number of carbonyl (C=O) groups excluding carboxylic acids is 2. The van der Waals surface area contributed by atoms with Gasteiger partial charge in [0.2, 0.25) is 11.9 Å². The van der Waals surface area contributed by atoms with Gasteiger partial charge in [-0.15, -0.1) is 0 Å². The molecular weight excluding hydrogens is 467 g/mol. The molecule has 36 heavy (non-hydrogen) atoms. The van der Waals surface area contributed by atoms with Crippen LogP contribution in [-0.2, 0) is 14.3 Å². The Kier molecular flexibility index (Phi) is 6.73. The molecule has 2 amide bonds. The van der Waals surface area contributed by atoms with E-state index < -0.39 is 17.6 Å². The van der Waals surface area contributed by atoms with Gasteiger partial charge in [-0.3, -0.25) is 9.59 Å². The zero-order chi connectivity index (χ0) is 25.2. The summed E-state index contributed by atoms with van der Waals surface area (Å²) in [4.78, 5) is 34.5. The van der Waals surface area contributed by atoms with Gasteiger partial charge in [0.1, 0.15) is 5.75 Å². The number of carbonyl (C=O) groups is 2. The molecule has 2 aliphatic carbocycles. The molecule has 1 aromatic heterocycles. The predicted octanol–water partition coefficient (Wildman–Crippen LogP) is 1.99. The number of hydrogen-bond donors (Lipinski definition) is 3. The lowest BCUT2D eigenvalue weighted by atomic mass is 9.88. The van der Waals surface area contributed by atoms with E-state index in [1.165, 1.54) is 0 Å². The van der Waals surface area contributed by atoms with Crippen LogP contribution in [0.4, 0.5) is 21.8 Å². The highest BCUT2D eigenvalue weighted by Gasteiger charge is 2.47. The van der Waals surface area contributed by atoms with E-state index in [1.807, 2.05) is 31.2 Å². The quantitative estimate of drug-likeness (QED) is 0.473. The van der Waals surface area contributed by atoms with E-state index in [2.05, 4.69) is 20.6 Å². The van der Waals surface area contributed by atoms with E-state index in [0.717, 1.165) is 18.2 Å². The molecule has 2 bridgehead atoms. The molecule has 2 aromatic rings. The van der Waals surface area contributed by atoms with Crippen molar-refractivity contribution in [1.29, 1.82) is 0 Å². The van der Waals surface area contributed by atoms with Crippen LogP contribution in [-0.4, -0.2) is 65.6 Å². The van der Waals surface area contributed by atoms with Gasteiger partial charge in [-0.1, -0.05) is 18.2 Å². The van der Waals surface area contributed by atoms with Gasteiger partial charge in [-0.25, -0.2) is 9.37 Å². The molecule has 5 rings (SSSR count). The van der Waals surface area contributed by atoms with Crippen molar-refractivity contribution >= 4 is 29.3 Å². The standard InChI is InChI=1S/C25H29FN6O4/c1-14-2-5-17(11-19(14)36-13-20(33)32-6-8-35-9-7-32)29-25-28-12-18(26)24(31-25)30-22-16-4-3-15(10-16)21(22)23(27)34/h2-5,11-12,15-16,21-22H,6-10,13H2,1H3,(H2,27,34)(H2,28,29,30,31). The minimum atomic E-state index is -0.620. The zero-order valence-corrected chi connectivity index (χ0v) is 19.9. The largest absolute Gasteiger partial charge is 0.483 e. The Morgan fingerprint density at radius 1 is 1.25 bits per heavy atom. The second kappa shape index (κ2) is 10.1. The highest BCUT2D eigenvalue weighted by Crippen LogP contribution is 2.44. The van der Waals surface area contributed by atoms with E-state index in [0.29, 0.717) is 37.7 Å². The van der Waals surface area contributed by atoms with Crippen LogP contribution in [0, 0.1) is 30.5 Å². The Morgan fingerprint density at radius 2 is 2.03 bits per heavy atom. The molecular formula is C25H29FN6O4. The summed E-state index contributed by atoms with van der Waals surface area (Å²) >= 11 is 0. The van der Waals surface area contributed by atoms with Gasteiger partial charge in [0.15, 0.2) is 18.2 Å². The van der Waals surface area contributed by atoms with Crippen molar-refractivity contribution in [3.8, 4) is 5.75 Å². The van der Waals surface area contributed by atoms with Gasteiger partial charge in [-0.05, 0) is 36.8 Å². The zero-order valence-electron chi connectivity index (χ0n) is 19.9. The number of aromatic nitrogens is 2. The number of allylic oxidation sites excluding steroid dienone is 1. The number of halogens is 1. The molecule has 4 unspecified atom stereocenters. The number of nitrogens with zero attached hydrogens (tertiary/aromatic N) is 3. The fraction of sp³-hybridized carbons (Fsp3) is 0.440. The number of rotatable bonds is 8. The normalized spacial score (nSPS) is 24.6. The first-order valence-corrected chi connectivity index (χ1v) is 12.0. The monoisotopic (exact) mass is 496 g/mol. The van der Waals surface area contributed by atoms with E-state index in [4.69, 9.17) is 15.2 Å². The van der Waals surface area contributed by atoms with Crippen LogP contribution in [0.25, 0.3) is 0 Å². The number of nitrogens with two attached hydrogens (primary N) is 1. The van der Waals surface area contributed by atoms with E-state index >= 15 is 0 Å². The molecule has 0 radical (unpaired) electrons. The average Bonchev–Trinajstić information content (AvgIpc) is 3.48. The van der Waals surface area contributed by atoms with Crippen LogP contribution in [0.2, 0.25) is 0 Å². The maximum absolute atomic E-state index is 14.6. The van der Waals surface area contributed by atoms with Crippen molar-refractivity contribution < 1.29 is 23.5 Å². The number of benzene rings is 1. The van der Waals surface area contributed by atoms with Gasteiger partial charge in [0.05, 0.1) is 25.3 Å². The SMILES string of the molecule is Cc1ccc(Nc2ncc(F)c(NC3C4C=CC(C4)C3C(N)=O)n2)cc1OCC(=O)N1CCOCC1. The van der Waals surface area contributed by atoms with Gasteiger partial charge in [0, 0.05) is 30.9 Å². The second-order valence-electron chi connectivity index (χ2n) is 9.32. The lowest BCUT2D eigenvalue weighted by Crippen LogP contribution is -2.43. The Labute approximate surface area is 208 Å². The summed E-state index contributed by atoms with van der Waals surface area (Å²) in [7, 11) is 0. The van der Waals surface area contributed by atoms with Gasteiger partial charge in [-0.2, -0.15) is 4.98 Å². The topological polar surface area (TPSA) is 132 Å². The highest BCUT2D eigenvalue weighted by atomic mass is 19.1. The van der Waals surface area contributed by atoms with Crippen LogP contribution in [0.3, 0.4) is 0 Å². The summed E-state index contributed by atoms with van der Waals surface area (Å²) in [6.45, 7) is 3.97. The van der Waals surface area contributed by atoms with Crippen molar-refractivity contribution in [3.05, 3.63) is 47.9 Å². The fourth-order valence-electron chi connectivity index (χ4n) is 5.10. The maximum atomic E-state index is 14.6. The first-order chi connectivity index (χ1) is 17.4. The molecule has 1 saturated carbocycles. The van der Waals surface area contributed by atoms with Crippen molar-refractivity contribution in [2.45, 2.75) is 19.4 Å². The third kappa shape index (κ3) is 4.97. The molecule has 4 N–H and O–H groups in total. The van der Waals surface area contributed by atoms with Crippen molar-refractivity contribution in [2.24, 2.45) is 23.5 Å². The lowest BCUT2D eigenvalue weighted by molar-refractivity contribution is -0.137. The first-order valence-electron chi connectivity index (χ1n) is 12.0. The third-order valence-electron chi connectivity index (χ3n) is 6.99. The Morgan fingerprint density at radius 3 is 2.81 bits per heavy atom. The maximum Gasteiger partial charge on any atom is 0.260 e. The lowest BCUT2D eigenvalue weighted by Gasteiger charge is -2.27. The summed E-state index contributed by atoms with van der Waals surface area (Å²) in [6, 6.07) is 5.08. The number of primary amides is 1. The van der Waals surface area contributed by atoms with Crippen LogP contribution in [0.5, 0.6) is 5.75 Å². The molecule has 11 heteroatoms. The summed E-state index contributed by atoms with van der Waals surface area (Å²) in [5.41, 5.74) is 7.09. The number of aryl methyl sites for hydroxylation is 1. The molecule has 190 valence electrons. The van der Waals surface area contributed by atoms with Crippen LogP contribution >= 0.6 is 0 Å². The summed E-state index contributed by atoms with van der Waals surface area (Å²) in [5, 5.41) is 6.15. The van der Waals surface area contributed by atoms with Gasteiger partial charge in [0.25, 0.3) is 5.91 Å². The molecule has 1 aliphatic heterocycles. The van der Waals surface area contributed by atoms with E-state index in [1.54, 1.807) is 11.0 Å². The van der Waals surface area contributed by atoms with Crippen LogP contribution in [0.15, 0.2) is 36.5 Å². The van der Waals surface area contributed by atoms with Crippen LogP contribution in [0.1, 0.15) is 12.0 Å².